The molecule has 5 nitrogen and oxygen atoms in total. The third-order valence-corrected chi connectivity index (χ3v) is 2.17. The molecule has 90 valence electrons. The van der Waals surface area contributed by atoms with Crippen LogP contribution in [0.1, 0.15) is 29.1 Å². The number of aryl methyl sites for hydroxylation is 2. The van der Waals surface area contributed by atoms with Crippen LogP contribution in [-0.4, -0.2) is 17.6 Å². The molecule has 0 aliphatic rings. The summed E-state index contributed by atoms with van der Waals surface area (Å²) in [6.45, 7) is 5.52. The van der Waals surface area contributed by atoms with E-state index in [2.05, 4.69) is 4.98 Å². The van der Waals surface area contributed by atoms with Crippen molar-refractivity contribution in [2.24, 2.45) is 0 Å². The highest BCUT2D eigenvalue weighted by Crippen LogP contribution is 2.27. The molecule has 2 heterocycles. The lowest BCUT2D eigenvalue weighted by atomic mass is 10.3. The fraction of sp³-hybridized carbons (Fsp3) is 0.333. The zero-order valence-electron chi connectivity index (χ0n) is 9.94. The Hall–Kier alpha value is -2.04. The van der Waals surface area contributed by atoms with E-state index in [0.29, 0.717) is 24.0 Å². The summed E-state index contributed by atoms with van der Waals surface area (Å²) in [6.07, 6.45) is 0. The largest absolute Gasteiger partial charge is 0.461 e. The normalized spacial score (nSPS) is 10.5. The van der Waals surface area contributed by atoms with Crippen molar-refractivity contribution in [3.63, 3.8) is 0 Å². The average molecular weight is 235 g/mol. The summed E-state index contributed by atoms with van der Waals surface area (Å²) >= 11 is 0. The molecule has 2 rings (SSSR count). The number of carbonyl (C=O) groups is 1. The predicted molar refractivity (Wildman–Crippen MR) is 59.6 cm³/mol. The number of hydrogen-bond donors (Lipinski definition) is 0. The van der Waals surface area contributed by atoms with E-state index in [1.165, 1.54) is 0 Å². The topological polar surface area (TPSA) is 65.5 Å². The Kier molecular flexibility index (Phi) is 2.99. The van der Waals surface area contributed by atoms with Gasteiger partial charge < -0.3 is 13.6 Å². The minimum atomic E-state index is -0.506. The second-order valence-electron chi connectivity index (χ2n) is 3.54. The van der Waals surface area contributed by atoms with Crippen LogP contribution in [0.4, 0.5) is 0 Å². The molecular formula is C12H13NO4. The molecule has 0 unspecified atom stereocenters. The van der Waals surface area contributed by atoms with Crippen LogP contribution in [0.3, 0.4) is 0 Å². The maximum atomic E-state index is 11.7. The molecule has 2 aromatic rings. The van der Waals surface area contributed by atoms with Gasteiger partial charge in [0, 0.05) is 6.92 Å². The van der Waals surface area contributed by atoms with Gasteiger partial charge in [-0.05, 0) is 26.0 Å². The number of furan rings is 1. The lowest BCUT2D eigenvalue weighted by Gasteiger charge is -1.98. The Morgan fingerprint density at radius 3 is 2.71 bits per heavy atom. The van der Waals surface area contributed by atoms with E-state index in [1.54, 1.807) is 26.0 Å². The van der Waals surface area contributed by atoms with Crippen molar-refractivity contribution in [2.75, 3.05) is 6.61 Å². The number of nitrogens with zero attached hydrogens (tertiary/aromatic N) is 1. The highest BCUT2D eigenvalue weighted by atomic mass is 16.5. The smallest absolute Gasteiger partial charge is 0.361 e. The first kappa shape index (κ1) is 11.4. The molecule has 0 aliphatic heterocycles. The Labute approximate surface area is 98.4 Å². The van der Waals surface area contributed by atoms with E-state index < -0.39 is 5.97 Å². The third-order valence-electron chi connectivity index (χ3n) is 2.17. The highest BCUT2D eigenvalue weighted by Gasteiger charge is 2.23. The van der Waals surface area contributed by atoms with Gasteiger partial charge in [-0.3, -0.25) is 0 Å². The number of hydrogen-bond acceptors (Lipinski definition) is 5. The van der Waals surface area contributed by atoms with E-state index in [4.69, 9.17) is 13.6 Å². The molecular weight excluding hydrogens is 222 g/mol. The lowest BCUT2D eigenvalue weighted by Crippen LogP contribution is -2.06. The lowest BCUT2D eigenvalue weighted by molar-refractivity contribution is 0.0520. The molecule has 0 spiro atoms. The Morgan fingerprint density at radius 2 is 2.12 bits per heavy atom. The quantitative estimate of drug-likeness (QED) is 0.765. The summed E-state index contributed by atoms with van der Waals surface area (Å²) in [7, 11) is 0. The molecule has 0 atom stereocenters. The van der Waals surface area contributed by atoms with Crippen LogP contribution >= 0.6 is 0 Å². The molecule has 0 radical (unpaired) electrons. The van der Waals surface area contributed by atoms with E-state index >= 15 is 0 Å². The van der Waals surface area contributed by atoms with E-state index in [-0.39, 0.29) is 5.69 Å². The van der Waals surface area contributed by atoms with Crippen molar-refractivity contribution in [3.05, 3.63) is 29.5 Å². The van der Waals surface area contributed by atoms with E-state index in [1.807, 2.05) is 6.92 Å². The Balaban J connectivity index is 2.43. The summed E-state index contributed by atoms with van der Waals surface area (Å²) in [5.74, 6) is 1.43. The van der Waals surface area contributed by atoms with Crippen LogP contribution in [0.15, 0.2) is 21.0 Å². The van der Waals surface area contributed by atoms with Crippen LogP contribution in [-0.2, 0) is 4.74 Å². The molecule has 0 N–H and O–H groups in total. The van der Waals surface area contributed by atoms with Gasteiger partial charge in [0.15, 0.2) is 17.3 Å². The number of aromatic nitrogens is 1. The minimum absolute atomic E-state index is 0.152. The second kappa shape index (κ2) is 4.45. The average Bonchev–Trinajstić information content (AvgIpc) is 2.84. The van der Waals surface area contributed by atoms with Crippen molar-refractivity contribution in [1.82, 2.24) is 4.98 Å². The zero-order chi connectivity index (χ0) is 12.4. The summed E-state index contributed by atoms with van der Waals surface area (Å²) in [5.41, 5.74) is 0.152. The SMILES string of the molecule is CCOC(=O)c1nc(C)oc1-c1ccc(C)o1. The standard InChI is InChI=1S/C12H13NO4/c1-4-15-12(14)10-11(17-8(3)13-10)9-6-5-7(2)16-9/h5-6H,4H2,1-3H3. The number of oxazole rings is 1. The first-order valence-electron chi connectivity index (χ1n) is 5.33. The van der Waals surface area contributed by atoms with Crippen molar-refractivity contribution in [3.8, 4) is 11.5 Å². The monoisotopic (exact) mass is 235 g/mol. The molecule has 0 fully saturated rings. The van der Waals surface area contributed by atoms with Gasteiger partial charge in [0.25, 0.3) is 0 Å². The summed E-state index contributed by atoms with van der Waals surface area (Å²) in [4.78, 5) is 15.7. The molecule has 0 aliphatic carbocycles. The van der Waals surface area contributed by atoms with Gasteiger partial charge >= 0.3 is 5.97 Å². The van der Waals surface area contributed by atoms with Gasteiger partial charge in [0.1, 0.15) is 5.76 Å². The highest BCUT2D eigenvalue weighted by molar-refractivity contribution is 5.93. The fourth-order valence-corrected chi connectivity index (χ4v) is 1.49. The molecule has 0 saturated heterocycles. The molecule has 5 heteroatoms. The number of rotatable bonds is 3. The molecule has 17 heavy (non-hydrogen) atoms. The Bertz CT molecular complexity index is 538. The summed E-state index contributed by atoms with van der Waals surface area (Å²) < 4.78 is 15.7. The van der Waals surface area contributed by atoms with Gasteiger partial charge in [-0.2, -0.15) is 0 Å². The molecule has 2 aromatic heterocycles. The van der Waals surface area contributed by atoms with Crippen molar-refractivity contribution in [2.45, 2.75) is 20.8 Å². The van der Waals surface area contributed by atoms with Crippen molar-refractivity contribution in [1.29, 1.82) is 0 Å². The van der Waals surface area contributed by atoms with Gasteiger partial charge in [-0.15, -0.1) is 0 Å². The second-order valence-corrected chi connectivity index (χ2v) is 3.54. The number of carbonyl (C=O) groups excluding carboxylic acids is 1. The van der Waals surface area contributed by atoms with Crippen LogP contribution < -0.4 is 0 Å². The number of ether oxygens (including phenoxy) is 1. The van der Waals surface area contributed by atoms with Crippen LogP contribution in [0.5, 0.6) is 0 Å². The van der Waals surface area contributed by atoms with Crippen molar-refractivity contribution >= 4 is 5.97 Å². The molecule has 0 saturated carbocycles. The summed E-state index contributed by atoms with van der Waals surface area (Å²) in [6, 6.07) is 3.53. The van der Waals surface area contributed by atoms with E-state index in [9.17, 15) is 4.79 Å². The molecule has 0 amide bonds. The first-order valence-corrected chi connectivity index (χ1v) is 5.33. The van der Waals surface area contributed by atoms with Crippen LogP contribution in [0.25, 0.3) is 11.5 Å². The number of esters is 1. The fourth-order valence-electron chi connectivity index (χ4n) is 1.49. The summed E-state index contributed by atoms with van der Waals surface area (Å²) in [5, 5.41) is 0. The van der Waals surface area contributed by atoms with Gasteiger partial charge in [-0.25, -0.2) is 9.78 Å². The maximum Gasteiger partial charge on any atom is 0.361 e. The van der Waals surface area contributed by atoms with Gasteiger partial charge in [0.2, 0.25) is 5.76 Å². The Morgan fingerprint density at radius 1 is 1.35 bits per heavy atom. The predicted octanol–water partition coefficient (Wildman–Crippen LogP) is 2.73. The van der Waals surface area contributed by atoms with Crippen LogP contribution in [0, 0.1) is 13.8 Å². The molecule has 0 aromatic carbocycles. The van der Waals surface area contributed by atoms with E-state index in [0.717, 1.165) is 5.76 Å². The maximum absolute atomic E-state index is 11.7. The van der Waals surface area contributed by atoms with Gasteiger partial charge in [0.05, 0.1) is 6.61 Å². The van der Waals surface area contributed by atoms with Crippen molar-refractivity contribution < 1.29 is 18.4 Å². The zero-order valence-corrected chi connectivity index (χ0v) is 9.94. The molecule has 0 bridgehead atoms. The third kappa shape index (κ3) is 2.22. The van der Waals surface area contributed by atoms with Crippen LogP contribution in [0.2, 0.25) is 0 Å². The first-order chi connectivity index (χ1) is 8.11. The van der Waals surface area contributed by atoms with Gasteiger partial charge in [-0.1, -0.05) is 0 Å². The minimum Gasteiger partial charge on any atom is -0.461 e.